The molecule has 2 heterocycles. The van der Waals surface area contributed by atoms with Crippen molar-refractivity contribution in [1.29, 1.82) is 0 Å². The Bertz CT molecular complexity index is 885. The van der Waals surface area contributed by atoms with E-state index in [2.05, 4.69) is 5.32 Å². The fourth-order valence-electron chi connectivity index (χ4n) is 4.50. The minimum absolute atomic E-state index is 0.00981. The van der Waals surface area contributed by atoms with Gasteiger partial charge in [-0.1, -0.05) is 6.92 Å². The van der Waals surface area contributed by atoms with Crippen molar-refractivity contribution in [2.75, 3.05) is 52.4 Å². The monoisotopic (exact) mass is 475 g/mol. The zero-order chi connectivity index (χ0) is 24.8. The molecule has 0 unspecified atom stereocenters. The van der Waals surface area contributed by atoms with Crippen LogP contribution in [0.2, 0.25) is 0 Å². The van der Waals surface area contributed by atoms with Crippen molar-refractivity contribution in [3.63, 3.8) is 0 Å². The fourth-order valence-corrected chi connectivity index (χ4v) is 4.50. The number of hydrogen-bond acceptors (Lipinski definition) is 6. The van der Waals surface area contributed by atoms with Crippen molar-refractivity contribution in [2.45, 2.75) is 45.8 Å². The van der Waals surface area contributed by atoms with Crippen molar-refractivity contribution in [3.05, 3.63) is 23.8 Å². The number of hydrogen-bond donors (Lipinski definition) is 1. The van der Waals surface area contributed by atoms with Crippen LogP contribution in [-0.2, 0) is 19.1 Å². The van der Waals surface area contributed by atoms with Crippen LogP contribution in [0.1, 0.15) is 44.0 Å². The van der Waals surface area contributed by atoms with E-state index < -0.39 is 0 Å². The largest absolute Gasteiger partial charge is 0.491 e. The maximum Gasteiger partial charge on any atom is 0.257 e. The molecule has 0 bridgehead atoms. The molecule has 0 spiro atoms. The number of rotatable bonds is 3. The van der Waals surface area contributed by atoms with E-state index in [4.69, 9.17) is 14.2 Å². The van der Waals surface area contributed by atoms with Gasteiger partial charge in [0.25, 0.3) is 5.91 Å². The van der Waals surface area contributed by atoms with Gasteiger partial charge in [0, 0.05) is 64.9 Å². The van der Waals surface area contributed by atoms with Crippen molar-refractivity contribution >= 4 is 23.4 Å². The highest BCUT2D eigenvalue weighted by Gasteiger charge is 2.29. The summed E-state index contributed by atoms with van der Waals surface area (Å²) in [5, 5.41) is 2.94. The first-order valence-corrected chi connectivity index (χ1v) is 11.9. The zero-order valence-electron chi connectivity index (χ0n) is 20.8. The van der Waals surface area contributed by atoms with Crippen molar-refractivity contribution in [3.8, 4) is 5.75 Å². The van der Waals surface area contributed by atoms with Gasteiger partial charge in [0.2, 0.25) is 11.8 Å². The summed E-state index contributed by atoms with van der Waals surface area (Å²) in [6.07, 6.45) is 1.12. The Kier molecular flexibility index (Phi) is 8.90. The van der Waals surface area contributed by atoms with E-state index in [0.717, 1.165) is 0 Å². The number of fused-ring (bicyclic) bond motifs is 1. The standard InChI is InChI=1S/C25H37N3O6/c1-16-13-28(18(3)29)17(2)15-34-22-7-6-20(26-24(30)19-8-10-33-11-9-19)12-21(22)25(31)27(4)14-23(16)32-5/h6-7,12,16-17,19,23H,8-11,13-15H2,1-5H3,(H,26,30)/t16-,17+,23+/m0/s1. The summed E-state index contributed by atoms with van der Waals surface area (Å²) in [4.78, 5) is 41.8. The van der Waals surface area contributed by atoms with Crippen LogP contribution in [0.15, 0.2) is 18.2 Å². The SMILES string of the molecule is CO[C@@H]1CN(C)C(=O)c2cc(NC(=O)C3CCOCC3)ccc2OC[C@@H](C)N(C(C)=O)C[C@@H]1C. The Morgan fingerprint density at radius 2 is 1.85 bits per heavy atom. The smallest absolute Gasteiger partial charge is 0.257 e. The highest BCUT2D eigenvalue weighted by atomic mass is 16.5. The molecule has 2 aliphatic rings. The molecule has 1 aromatic rings. The third-order valence-corrected chi connectivity index (χ3v) is 6.71. The quantitative estimate of drug-likeness (QED) is 0.721. The van der Waals surface area contributed by atoms with Gasteiger partial charge < -0.3 is 29.3 Å². The van der Waals surface area contributed by atoms with E-state index in [1.165, 1.54) is 0 Å². The number of ether oxygens (including phenoxy) is 3. The lowest BCUT2D eigenvalue weighted by molar-refractivity contribution is -0.133. The normalized spacial score (nSPS) is 25.0. The Hall–Kier alpha value is -2.65. The molecular formula is C25H37N3O6. The lowest BCUT2D eigenvalue weighted by atomic mass is 9.99. The molecule has 0 aliphatic carbocycles. The van der Waals surface area contributed by atoms with E-state index in [1.807, 2.05) is 13.8 Å². The molecule has 9 nitrogen and oxygen atoms in total. The number of likely N-dealkylation sites (N-methyl/N-ethyl adjacent to an activating group) is 1. The van der Waals surface area contributed by atoms with Gasteiger partial charge in [0.15, 0.2) is 0 Å². The Morgan fingerprint density at radius 1 is 1.15 bits per heavy atom. The zero-order valence-corrected chi connectivity index (χ0v) is 20.8. The van der Waals surface area contributed by atoms with Crippen LogP contribution < -0.4 is 10.1 Å². The molecule has 1 saturated heterocycles. The van der Waals surface area contributed by atoms with E-state index in [9.17, 15) is 14.4 Å². The van der Waals surface area contributed by atoms with Crippen molar-refractivity contribution < 1.29 is 28.6 Å². The average molecular weight is 476 g/mol. The minimum atomic E-state index is -0.247. The number of amides is 3. The van der Waals surface area contributed by atoms with E-state index in [-0.39, 0.29) is 48.3 Å². The maximum absolute atomic E-state index is 13.4. The van der Waals surface area contributed by atoms with Gasteiger partial charge in [-0.2, -0.15) is 0 Å². The fraction of sp³-hybridized carbons (Fsp3) is 0.640. The molecular weight excluding hydrogens is 438 g/mol. The molecule has 0 aromatic heterocycles. The average Bonchev–Trinajstić information content (AvgIpc) is 2.83. The van der Waals surface area contributed by atoms with Gasteiger partial charge in [-0.05, 0) is 38.0 Å². The summed E-state index contributed by atoms with van der Waals surface area (Å²) >= 11 is 0. The highest BCUT2D eigenvalue weighted by molar-refractivity contribution is 5.99. The molecule has 0 saturated carbocycles. The number of anilines is 1. The van der Waals surface area contributed by atoms with Crippen LogP contribution in [-0.4, -0.2) is 86.7 Å². The minimum Gasteiger partial charge on any atom is -0.491 e. The van der Waals surface area contributed by atoms with Gasteiger partial charge >= 0.3 is 0 Å². The predicted octanol–water partition coefficient (Wildman–Crippen LogP) is 2.40. The van der Waals surface area contributed by atoms with Gasteiger partial charge in [-0.25, -0.2) is 0 Å². The second-order valence-corrected chi connectivity index (χ2v) is 9.36. The summed E-state index contributed by atoms with van der Waals surface area (Å²) < 4.78 is 17.1. The van der Waals surface area contributed by atoms with Crippen LogP contribution in [0.5, 0.6) is 5.75 Å². The van der Waals surface area contributed by atoms with Crippen LogP contribution in [0.4, 0.5) is 5.69 Å². The number of nitrogens with one attached hydrogen (secondary N) is 1. The van der Waals surface area contributed by atoms with Crippen LogP contribution in [0, 0.1) is 11.8 Å². The van der Waals surface area contributed by atoms with Crippen molar-refractivity contribution in [2.24, 2.45) is 11.8 Å². The molecule has 188 valence electrons. The molecule has 3 atom stereocenters. The van der Waals surface area contributed by atoms with E-state index in [0.29, 0.717) is 56.1 Å². The summed E-state index contributed by atoms with van der Waals surface area (Å²) in [6, 6.07) is 4.91. The Balaban J connectivity index is 1.89. The van der Waals surface area contributed by atoms with Crippen LogP contribution in [0.25, 0.3) is 0 Å². The Morgan fingerprint density at radius 3 is 2.50 bits per heavy atom. The number of methoxy groups -OCH3 is 1. The number of benzene rings is 1. The Labute approximate surface area is 201 Å². The number of carbonyl (C=O) groups is 3. The molecule has 9 heteroatoms. The van der Waals surface area contributed by atoms with Crippen molar-refractivity contribution in [1.82, 2.24) is 9.80 Å². The summed E-state index contributed by atoms with van der Waals surface area (Å²) in [7, 11) is 3.34. The van der Waals surface area contributed by atoms with Gasteiger partial charge in [0.1, 0.15) is 12.4 Å². The summed E-state index contributed by atoms with van der Waals surface area (Å²) in [5.41, 5.74) is 0.902. The third-order valence-electron chi connectivity index (χ3n) is 6.71. The molecule has 3 amide bonds. The first-order valence-electron chi connectivity index (χ1n) is 11.9. The van der Waals surface area contributed by atoms with E-state index in [1.54, 1.807) is 49.1 Å². The van der Waals surface area contributed by atoms with Gasteiger partial charge in [-0.3, -0.25) is 14.4 Å². The summed E-state index contributed by atoms with van der Waals surface area (Å²) in [5.74, 6) is -0.00736. The second-order valence-electron chi connectivity index (χ2n) is 9.36. The van der Waals surface area contributed by atoms with Crippen LogP contribution in [0.3, 0.4) is 0 Å². The number of carbonyl (C=O) groups excluding carboxylic acids is 3. The molecule has 34 heavy (non-hydrogen) atoms. The van der Waals surface area contributed by atoms with Gasteiger partial charge in [-0.15, -0.1) is 0 Å². The summed E-state index contributed by atoms with van der Waals surface area (Å²) in [6.45, 7) is 7.74. The molecule has 2 aliphatic heterocycles. The highest BCUT2D eigenvalue weighted by Crippen LogP contribution is 2.27. The second kappa shape index (κ2) is 11.7. The first-order chi connectivity index (χ1) is 16.2. The van der Waals surface area contributed by atoms with Crippen LogP contribution >= 0.6 is 0 Å². The molecule has 1 N–H and O–H groups in total. The van der Waals surface area contributed by atoms with Gasteiger partial charge in [0.05, 0.1) is 17.7 Å². The predicted molar refractivity (Wildman–Crippen MR) is 128 cm³/mol. The number of nitrogens with zero attached hydrogens (tertiary/aromatic N) is 2. The first kappa shape index (κ1) is 26.0. The molecule has 0 radical (unpaired) electrons. The van der Waals surface area contributed by atoms with E-state index >= 15 is 0 Å². The maximum atomic E-state index is 13.4. The molecule has 3 rings (SSSR count). The lowest BCUT2D eigenvalue weighted by Crippen LogP contribution is -2.48. The third kappa shape index (κ3) is 6.27. The topological polar surface area (TPSA) is 97.4 Å². The molecule has 1 fully saturated rings. The molecule has 1 aromatic carbocycles. The lowest BCUT2D eigenvalue weighted by Gasteiger charge is -2.35.